The van der Waals surface area contributed by atoms with Crippen LogP contribution in [0.2, 0.25) is 0 Å². The Balaban J connectivity index is 2.26. The Morgan fingerprint density at radius 3 is 1.17 bits per heavy atom. The van der Waals surface area contributed by atoms with Gasteiger partial charge in [0.05, 0.1) is 14.2 Å². The summed E-state index contributed by atoms with van der Waals surface area (Å²) in [6.07, 6.45) is 0. The summed E-state index contributed by atoms with van der Waals surface area (Å²) in [4.78, 5) is 0. The van der Waals surface area contributed by atoms with Gasteiger partial charge in [-0.2, -0.15) is 0 Å². The molecule has 1 atom stereocenters. The van der Waals surface area contributed by atoms with E-state index >= 15 is 0 Å². The molecule has 0 amide bonds. The molecule has 0 aliphatic carbocycles. The fourth-order valence-electron chi connectivity index (χ4n) is 5.75. The molecule has 0 N–H and O–H groups in total. The van der Waals surface area contributed by atoms with Gasteiger partial charge in [0.1, 0.15) is 11.5 Å². The highest BCUT2D eigenvalue weighted by molar-refractivity contribution is 7.80. The first-order valence-electron chi connectivity index (χ1n) is 16.4. The molecule has 0 saturated heterocycles. The molecule has 246 valence electrons. The van der Waals surface area contributed by atoms with Crippen LogP contribution in [0.3, 0.4) is 0 Å². The minimum absolute atomic E-state index is 0.00602. The quantitative estimate of drug-likeness (QED) is 0.193. The lowest BCUT2D eigenvalue weighted by atomic mass is 9.81. The summed E-state index contributed by atoms with van der Waals surface area (Å²) >= 11 is 0. The van der Waals surface area contributed by atoms with E-state index in [9.17, 15) is 0 Å². The average Bonchev–Trinajstić information content (AvgIpc) is 2.95. The van der Waals surface area contributed by atoms with Crippen LogP contribution in [0.4, 0.5) is 0 Å². The number of ether oxygens (including phenoxy) is 2. The summed E-state index contributed by atoms with van der Waals surface area (Å²) in [5.74, 6) is 1.69. The zero-order valence-corrected chi connectivity index (χ0v) is 32.8. The van der Waals surface area contributed by atoms with Gasteiger partial charge in [0.25, 0.3) is 0 Å². The lowest BCUT2D eigenvalue weighted by Gasteiger charge is -2.32. The van der Waals surface area contributed by atoms with Gasteiger partial charge in [-0.15, -0.1) is 9.24 Å². The number of hydrogen-bond acceptors (Lipinski definition) is 2. The minimum Gasteiger partial charge on any atom is -0.496 e. The molecule has 0 saturated carbocycles. The molecule has 0 heterocycles. The van der Waals surface area contributed by atoms with E-state index in [0.717, 1.165) is 27.9 Å². The average molecular weight is 655 g/mol. The normalized spacial score (nSPS) is 12.9. The summed E-state index contributed by atoms with van der Waals surface area (Å²) in [7, 11) is 5.43. The molecule has 0 fully saturated rings. The number of methoxy groups -OCH3 is 2. The Kier molecular flexibility index (Phi) is 10.3. The molecule has 1 unspecified atom stereocenters. The second-order valence-electron chi connectivity index (χ2n) is 16.7. The van der Waals surface area contributed by atoms with Crippen molar-refractivity contribution in [2.45, 2.75) is 105 Å². The van der Waals surface area contributed by atoms with Gasteiger partial charge in [-0.3, -0.25) is 0 Å². The molecular formula is C42H56O2P2. The summed E-state index contributed by atoms with van der Waals surface area (Å²) in [5, 5.41) is 5.05. The summed E-state index contributed by atoms with van der Waals surface area (Å²) in [6, 6.07) is 27.6. The molecule has 4 aromatic carbocycles. The second-order valence-corrected chi connectivity index (χ2v) is 19.5. The minimum atomic E-state index is -1.04. The van der Waals surface area contributed by atoms with Crippen LogP contribution in [0, 0.1) is 0 Å². The smallest absolute Gasteiger partial charge is 0.127 e. The Hall–Kier alpha value is -2.66. The van der Waals surface area contributed by atoms with E-state index in [2.05, 4.69) is 159 Å². The third-order valence-corrected chi connectivity index (χ3v) is 11.7. The Labute approximate surface area is 283 Å². The van der Waals surface area contributed by atoms with E-state index in [-0.39, 0.29) is 21.7 Å². The summed E-state index contributed by atoms with van der Waals surface area (Å²) in [5.41, 5.74) is 7.57. The summed E-state index contributed by atoms with van der Waals surface area (Å²) in [6.45, 7) is 27.9. The van der Waals surface area contributed by atoms with Crippen molar-refractivity contribution in [2.75, 3.05) is 14.2 Å². The van der Waals surface area contributed by atoms with Gasteiger partial charge < -0.3 is 9.47 Å². The van der Waals surface area contributed by atoms with Gasteiger partial charge >= 0.3 is 0 Å². The molecule has 0 spiro atoms. The summed E-state index contributed by atoms with van der Waals surface area (Å²) < 4.78 is 12.2. The van der Waals surface area contributed by atoms with Gasteiger partial charge in [-0.1, -0.05) is 144 Å². The monoisotopic (exact) mass is 654 g/mol. The third kappa shape index (κ3) is 7.72. The van der Waals surface area contributed by atoms with E-state index < -0.39 is 7.92 Å². The highest BCUT2D eigenvalue weighted by atomic mass is 31.1. The first-order valence-corrected chi connectivity index (χ1v) is 18.3. The zero-order chi connectivity index (χ0) is 34.4. The largest absolute Gasteiger partial charge is 0.496 e. The van der Waals surface area contributed by atoms with E-state index in [1.165, 1.54) is 38.2 Å². The van der Waals surface area contributed by atoms with Crippen molar-refractivity contribution in [3.63, 3.8) is 0 Å². The van der Waals surface area contributed by atoms with Crippen molar-refractivity contribution in [1.82, 2.24) is 0 Å². The third-order valence-electron chi connectivity index (χ3n) is 8.81. The van der Waals surface area contributed by atoms with Gasteiger partial charge in [0, 0.05) is 11.1 Å². The van der Waals surface area contributed by atoms with Crippen LogP contribution in [0.1, 0.15) is 105 Å². The van der Waals surface area contributed by atoms with Crippen molar-refractivity contribution < 1.29 is 9.47 Å². The molecule has 0 aromatic heterocycles. The molecule has 0 radical (unpaired) electrons. The van der Waals surface area contributed by atoms with E-state index in [0.29, 0.717) is 0 Å². The van der Waals surface area contributed by atoms with E-state index in [1.807, 2.05) is 6.07 Å². The molecule has 0 bridgehead atoms. The van der Waals surface area contributed by atoms with Crippen LogP contribution in [-0.2, 0) is 21.7 Å². The van der Waals surface area contributed by atoms with Gasteiger partial charge in [0.2, 0.25) is 0 Å². The van der Waals surface area contributed by atoms with Crippen molar-refractivity contribution in [1.29, 1.82) is 0 Å². The molecule has 4 aromatic rings. The van der Waals surface area contributed by atoms with E-state index in [1.54, 1.807) is 14.2 Å². The zero-order valence-electron chi connectivity index (χ0n) is 30.8. The maximum atomic E-state index is 6.17. The number of hydrogen-bond donors (Lipinski definition) is 0. The second kappa shape index (κ2) is 13.1. The molecule has 4 heteroatoms. The van der Waals surface area contributed by atoms with Crippen LogP contribution in [-0.4, -0.2) is 14.2 Å². The van der Waals surface area contributed by atoms with Crippen molar-refractivity contribution >= 4 is 38.4 Å². The molecular weight excluding hydrogens is 598 g/mol. The Morgan fingerprint density at radius 2 is 0.826 bits per heavy atom. The maximum absolute atomic E-state index is 6.17. The van der Waals surface area contributed by atoms with E-state index in [4.69, 9.17) is 9.47 Å². The van der Waals surface area contributed by atoms with Gasteiger partial charge in [-0.05, 0) is 85.2 Å². The molecule has 4 rings (SSSR count). The highest BCUT2D eigenvalue weighted by Crippen LogP contribution is 2.45. The van der Waals surface area contributed by atoms with Crippen molar-refractivity contribution in [2.24, 2.45) is 0 Å². The molecule has 0 aliphatic heterocycles. The molecule has 46 heavy (non-hydrogen) atoms. The predicted octanol–water partition coefficient (Wildman–Crippen LogP) is 9.82. The first-order chi connectivity index (χ1) is 21.2. The molecule has 2 nitrogen and oxygen atoms in total. The number of rotatable bonds is 6. The lowest BCUT2D eigenvalue weighted by molar-refractivity contribution is 0.411. The fourth-order valence-corrected chi connectivity index (χ4v) is 8.76. The van der Waals surface area contributed by atoms with Crippen LogP contribution in [0.15, 0.2) is 72.8 Å². The van der Waals surface area contributed by atoms with Crippen molar-refractivity contribution in [3.8, 4) is 22.6 Å². The Morgan fingerprint density at radius 1 is 0.478 bits per heavy atom. The van der Waals surface area contributed by atoms with Crippen LogP contribution < -0.4 is 30.7 Å². The van der Waals surface area contributed by atoms with Crippen LogP contribution in [0.25, 0.3) is 11.1 Å². The standard InChI is InChI=1S/C42H56O2P2/c1-39(2,3)27-21-28(40(4,5)6)24-31(23-27)46(32-25-29(41(7,8)9)22-30(26-32)42(10,11)12)36-20-16-18-34(44-14)38(36)37-33(43-13)17-15-19-35(37)45/h15-26H,45H2,1-14H3. The Bertz CT molecular complexity index is 1570. The topological polar surface area (TPSA) is 18.5 Å². The maximum Gasteiger partial charge on any atom is 0.127 e. The predicted molar refractivity (Wildman–Crippen MR) is 208 cm³/mol. The van der Waals surface area contributed by atoms with Crippen LogP contribution in [0.5, 0.6) is 11.5 Å². The fraction of sp³-hybridized carbons (Fsp3) is 0.429. The SMILES string of the molecule is COc1cccc(P)c1-c1c(OC)cccc1P(c1cc(C(C)(C)C)cc(C(C)(C)C)c1)c1cc(C(C)(C)C)cc(C(C)(C)C)c1. The van der Waals surface area contributed by atoms with Crippen molar-refractivity contribution in [3.05, 3.63) is 95.1 Å². The van der Waals surface area contributed by atoms with Gasteiger partial charge in [0.15, 0.2) is 0 Å². The first kappa shape index (κ1) is 36.2. The number of benzene rings is 4. The van der Waals surface area contributed by atoms with Gasteiger partial charge in [-0.25, -0.2) is 0 Å². The van der Waals surface area contributed by atoms with Crippen LogP contribution >= 0.6 is 17.2 Å². The molecule has 0 aliphatic rings. The lowest BCUT2D eigenvalue weighted by Crippen LogP contribution is -2.29. The highest BCUT2D eigenvalue weighted by Gasteiger charge is 2.31.